The molecule has 2 aliphatic rings. The average molecular weight is 366 g/mol. The van der Waals surface area contributed by atoms with Gasteiger partial charge in [0.15, 0.2) is 0 Å². The highest BCUT2D eigenvalue weighted by atomic mass is 16.5. The van der Waals surface area contributed by atoms with Crippen molar-refractivity contribution in [1.29, 1.82) is 0 Å². The van der Waals surface area contributed by atoms with Crippen LogP contribution in [0.1, 0.15) is 31.2 Å². The minimum absolute atomic E-state index is 0.138. The predicted octanol–water partition coefficient (Wildman–Crippen LogP) is 2.89. The lowest BCUT2D eigenvalue weighted by Crippen LogP contribution is -2.54. The zero-order chi connectivity index (χ0) is 18.7. The normalized spacial score (nSPS) is 22.9. The summed E-state index contributed by atoms with van der Waals surface area (Å²) in [7, 11) is 1.62. The van der Waals surface area contributed by atoms with E-state index in [1.165, 1.54) is 5.56 Å². The summed E-state index contributed by atoms with van der Waals surface area (Å²) in [6, 6.07) is 12.2. The molecule has 6 nitrogen and oxygen atoms in total. The second-order valence-electron chi connectivity index (χ2n) is 7.68. The highest BCUT2D eigenvalue weighted by Crippen LogP contribution is 2.40. The van der Waals surface area contributed by atoms with Crippen LogP contribution in [0.5, 0.6) is 5.88 Å². The highest BCUT2D eigenvalue weighted by molar-refractivity contribution is 5.77. The van der Waals surface area contributed by atoms with Crippen molar-refractivity contribution in [3.63, 3.8) is 0 Å². The van der Waals surface area contributed by atoms with Crippen molar-refractivity contribution < 1.29 is 9.53 Å². The Kier molecular flexibility index (Phi) is 4.97. The molecule has 0 N–H and O–H groups in total. The highest BCUT2D eigenvalue weighted by Gasteiger charge is 2.42. The summed E-state index contributed by atoms with van der Waals surface area (Å²) in [4.78, 5) is 25.5. The molecule has 2 aromatic rings. The molecule has 27 heavy (non-hydrogen) atoms. The third-order valence-corrected chi connectivity index (χ3v) is 5.79. The Morgan fingerprint density at radius 1 is 1.15 bits per heavy atom. The average Bonchev–Trinajstić information content (AvgIpc) is 2.72. The number of carbonyl (C=O) groups excluding carboxylic acids is 1. The minimum atomic E-state index is 0.138. The second-order valence-corrected chi connectivity index (χ2v) is 7.68. The number of carbonyl (C=O) groups is 1. The third kappa shape index (κ3) is 3.89. The van der Waals surface area contributed by atoms with Crippen LogP contribution in [-0.2, 0) is 11.3 Å². The molecule has 4 rings (SSSR count). The fourth-order valence-corrected chi connectivity index (χ4v) is 4.40. The first-order chi connectivity index (χ1) is 13.2. The quantitative estimate of drug-likeness (QED) is 0.833. The molecular weight excluding hydrogens is 340 g/mol. The number of hydrogen-bond donors (Lipinski definition) is 0. The van der Waals surface area contributed by atoms with Crippen molar-refractivity contribution >= 4 is 11.7 Å². The number of nitrogens with zero attached hydrogens (tertiary/aromatic N) is 4. The zero-order valence-corrected chi connectivity index (χ0v) is 15.8. The van der Waals surface area contributed by atoms with Crippen LogP contribution in [0.2, 0.25) is 0 Å². The Morgan fingerprint density at radius 3 is 2.81 bits per heavy atom. The van der Waals surface area contributed by atoms with Crippen LogP contribution < -0.4 is 9.64 Å². The number of ether oxygens (including phenoxy) is 1. The van der Waals surface area contributed by atoms with E-state index in [1.54, 1.807) is 13.4 Å². The molecule has 2 saturated heterocycles. The first-order valence-electron chi connectivity index (χ1n) is 9.60. The number of methoxy groups -OCH3 is 1. The number of hydrogen-bond acceptors (Lipinski definition) is 5. The SMILES string of the molecule is COc1cc(N2CCC[C@]3(CCC(=O)N(Cc4ccccc4)C3)C2)ncn1. The van der Waals surface area contributed by atoms with Crippen molar-refractivity contribution in [1.82, 2.24) is 14.9 Å². The summed E-state index contributed by atoms with van der Waals surface area (Å²) in [5.74, 6) is 1.77. The first kappa shape index (κ1) is 17.8. The van der Waals surface area contributed by atoms with Crippen molar-refractivity contribution in [3.8, 4) is 5.88 Å². The molecule has 1 aromatic heterocycles. The summed E-state index contributed by atoms with van der Waals surface area (Å²) in [6.07, 6.45) is 5.41. The largest absolute Gasteiger partial charge is 0.481 e. The summed E-state index contributed by atoms with van der Waals surface area (Å²) in [5, 5.41) is 0. The molecule has 0 aliphatic carbocycles. The molecular formula is C21H26N4O2. The van der Waals surface area contributed by atoms with Crippen molar-refractivity contribution in [2.45, 2.75) is 32.2 Å². The van der Waals surface area contributed by atoms with E-state index in [1.807, 2.05) is 29.2 Å². The number of amides is 1. The Bertz CT molecular complexity index is 798. The Hall–Kier alpha value is -2.63. The maximum atomic E-state index is 12.5. The van der Waals surface area contributed by atoms with Gasteiger partial charge in [0.1, 0.15) is 12.1 Å². The maximum Gasteiger partial charge on any atom is 0.222 e. The van der Waals surface area contributed by atoms with Gasteiger partial charge in [0.25, 0.3) is 0 Å². The van der Waals surface area contributed by atoms with E-state index in [-0.39, 0.29) is 11.3 Å². The Labute approximate surface area is 160 Å². The Balaban J connectivity index is 1.50. The summed E-state index contributed by atoms with van der Waals surface area (Å²) < 4.78 is 5.25. The molecule has 0 radical (unpaired) electrons. The van der Waals surface area contributed by atoms with Gasteiger partial charge in [-0.1, -0.05) is 30.3 Å². The molecule has 1 amide bonds. The van der Waals surface area contributed by atoms with E-state index < -0.39 is 0 Å². The van der Waals surface area contributed by atoms with Gasteiger partial charge in [-0.3, -0.25) is 4.79 Å². The number of rotatable bonds is 4. The van der Waals surface area contributed by atoms with Crippen LogP contribution in [0.15, 0.2) is 42.7 Å². The van der Waals surface area contributed by atoms with Crippen LogP contribution in [0, 0.1) is 5.41 Å². The van der Waals surface area contributed by atoms with Gasteiger partial charge in [-0.15, -0.1) is 0 Å². The van der Waals surface area contributed by atoms with Crippen LogP contribution in [0.4, 0.5) is 5.82 Å². The van der Waals surface area contributed by atoms with Gasteiger partial charge in [0, 0.05) is 44.1 Å². The lowest BCUT2D eigenvalue weighted by atomic mass is 9.73. The molecule has 0 bridgehead atoms. The molecule has 1 aromatic carbocycles. The third-order valence-electron chi connectivity index (χ3n) is 5.79. The number of aromatic nitrogens is 2. The standard InChI is InChI=1S/C21H26N4O2/c1-27-19-12-18(22-16-23-19)24-11-5-9-21(14-24)10-8-20(26)25(15-21)13-17-6-3-2-4-7-17/h2-4,6-7,12,16H,5,8-11,13-15H2,1H3/t21-/m0/s1. The molecule has 1 atom stereocenters. The second kappa shape index (κ2) is 7.55. The van der Waals surface area contributed by atoms with Gasteiger partial charge in [-0.25, -0.2) is 9.97 Å². The topological polar surface area (TPSA) is 58.6 Å². The first-order valence-corrected chi connectivity index (χ1v) is 9.60. The molecule has 2 aliphatic heterocycles. The number of likely N-dealkylation sites (tertiary alicyclic amines) is 1. The van der Waals surface area contributed by atoms with Crippen molar-refractivity contribution in [2.24, 2.45) is 5.41 Å². The predicted molar refractivity (Wildman–Crippen MR) is 104 cm³/mol. The molecule has 0 saturated carbocycles. The van der Waals surface area contributed by atoms with Crippen molar-refractivity contribution in [3.05, 3.63) is 48.3 Å². The molecule has 6 heteroatoms. The monoisotopic (exact) mass is 366 g/mol. The fraction of sp³-hybridized carbons (Fsp3) is 0.476. The molecule has 142 valence electrons. The van der Waals surface area contributed by atoms with E-state index in [9.17, 15) is 4.79 Å². The number of anilines is 1. The van der Waals surface area contributed by atoms with Crippen LogP contribution >= 0.6 is 0 Å². The lowest BCUT2D eigenvalue weighted by Gasteiger charge is -2.48. The number of benzene rings is 1. The summed E-state index contributed by atoms with van der Waals surface area (Å²) >= 11 is 0. The van der Waals surface area contributed by atoms with Crippen molar-refractivity contribution in [2.75, 3.05) is 31.6 Å². The molecule has 3 heterocycles. The van der Waals surface area contributed by atoms with Gasteiger partial charge in [0.2, 0.25) is 11.8 Å². The molecule has 2 fully saturated rings. The summed E-state index contributed by atoms with van der Waals surface area (Å²) in [6.45, 7) is 3.42. The van der Waals surface area contributed by atoms with E-state index in [2.05, 4.69) is 27.0 Å². The molecule has 0 unspecified atom stereocenters. The van der Waals surface area contributed by atoms with Gasteiger partial charge < -0.3 is 14.5 Å². The number of piperidine rings is 2. The van der Waals surface area contributed by atoms with E-state index in [0.717, 1.165) is 44.7 Å². The van der Waals surface area contributed by atoms with Crippen LogP contribution in [-0.4, -0.2) is 47.5 Å². The van der Waals surface area contributed by atoms with Gasteiger partial charge >= 0.3 is 0 Å². The van der Waals surface area contributed by atoms with Crippen LogP contribution in [0.3, 0.4) is 0 Å². The van der Waals surface area contributed by atoms with Gasteiger partial charge in [0.05, 0.1) is 7.11 Å². The smallest absolute Gasteiger partial charge is 0.222 e. The van der Waals surface area contributed by atoms with Gasteiger partial charge in [-0.2, -0.15) is 0 Å². The summed E-state index contributed by atoms with van der Waals surface area (Å²) in [5.41, 5.74) is 1.33. The van der Waals surface area contributed by atoms with Gasteiger partial charge in [-0.05, 0) is 24.8 Å². The minimum Gasteiger partial charge on any atom is -0.481 e. The Morgan fingerprint density at radius 2 is 2.00 bits per heavy atom. The van der Waals surface area contributed by atoms with Crippen LogP contribution in [0.25, 0.3) is 0 Å². The van der Waals surface area contributed by atoms with E-state index in [4.69, 9.17) is 4.74 Å². The fourth-order valence-electron chi connectivity index (χ4n) is 4.40. The van der Waals surface area contributed by atoms with E-state index in [0.29, 0.717) is 18.8 Å². The molecule has 1 spiro atoms. The lowest BCUT2D eigenvalue weighted by molar-refractivity contribution is -0.138. The van der Waals surface area contributed by atoms with E-state index >= 15 is 0 Å². The maximum absolute atomic E-state index is 12.5. The zero-order valence-electron chi connectivity index (χ0n) is 15.8.